The van der Waals surface area contributed by atoms with Crippen LogP contribution >= 0.6 is 0 Å². The zero-order chi connectivity index (χ0) is 8.85. The minimum atomic E-state index is -0.861. The summed E-state index contributed by atoms with van der Waals surface area (Å²) in [6, 6.07) is 0. The predicted molar refractivity (Wildman–Crippen MR) is 37.0 cm³/mol. The van der Waals surface area contributed by atoms with Gasteiger partial charge in [0.05, 0.1) is 7.11 Å². The van der Waals surface area contributed by atoms with Crippen molar-refractivity contribution < 1.29 is 19.1 Å². The minimum Gasteiger partial charge on any atom is -0.466 e. The van der Waals surface area contributed by atoms with E-state index in [4.69, 9.17) is 0 Å². The zero-order valence-corrected chi connectivity index (χ0v) is 6.71. The maximum atomic E-state index is 10.6. The van der Waals surface area contributed by atoms with Gasteiger partial charge in [-0.2, -0.15) is 0 Å². The number of hydrogen-bond acceptors (Lipinski definition) is 4. The van der Waals surface area contributed by atoms with E-state index in [1.807, 2.05) is 0 Å². The summed E-state index contributed by atoms with van der Waals surface area (Å²) in [7, 11) is 2.64. The van der Waals surface area contributed by atoms with Crippen LogP contribution in [0.1, 0.15) is 6.92 Å². The second-order valence-electron chi connectivity index (χ2n) is 1.82. The lowest BCUT2D eigenvalue weighted by Crippen LogP contribution is -2.30. The van der Waals surface area contributed by atoms with Gasteiger partial charge in [-0.1, -0.05) is 0 Å². The van der Waals surface area contributed by atoms with Gasteiger partial charge in [-0.25, -0.2) is 9.59 Å². The van der Waals surface area contributed by atoms with Gasteiger partial charge in [0.1, 0.15) is 0 Å². The van der Waals surface area contributed by atoms with Crippen molar-refractivity contribution in [2.75, 3.05) is 14.2 Å². The molecule has 1 unspecified atom stereocenters. The van der Waals surface area contributed by atoms with Crippen LogP contribution in [-0.4, -0.2) is 32.3 Å². The molecule has 64 valence electrons. The molecule has 0 rings (SSSR count). The van der Waals surface area contributed by atoms with Crippen LogP contribution in [0.15, 0.2) is 0 Å². The third-order valence-corrected chi connectivity index (χ3v) is 1.02. The number of carbonyl (C=O) groups is 2. The van der Waals surface area contributed by atoms with E-state index >= 15 is 0 Å². The van der Waals surface area contributed by atoms with Crippen molar-refractivity contribution in [3.8, 4) is 0 Å². The lowest BCUT2D eigenvalue weighted by Gasteiger charge is -2.09. The number of hydrogen-bond donors (Lipinski definition) is 1. The molecule has 5 heteroatoms. The first kappa shape index (κ1) is 9.74. The van der Waals surface area contributed by atoms with Crippen molar-refractivity contribution in [2.45, 2.75) is 13.0 Å². The van der Waals surface area contributed by atoms with Crippen molar-refractivity contribution in [1.82, 2.24) is 5.32 Å². The molecule has 0 aromatic rings. The molecule has 0 bridgehead atoms. The first-order valence-corrected chi connectivity index (χ1v) is 3.08. The average molecular weight is 161 g/mol. The second-order valence-corrected chi connectivity index (χ2v) is 1.82. The molecule has 0 radical (unpaired) electrons. The van der Waals surface area contributed by atoms with Crippen LogP contribution in [0, 0.1) is 0 Å². The standard InChI is InChI=1S/C6H11NO4/c1-4(5(8)10-3)11-6(9)7-2/h4H,1-3H3,(H,7,9). The van der Waals surface area contributed by atoms with Gasteiger partial charge in [-0.15, -0.1) is 0 Å². The van der Waals surface area contributed by atoms with Crippen LogP contribution in [0.2, 0.25) is 0 Å². The number of ether oxygens (including phenoxy) is 2. The highest BCUT2D eigenvalue weighted by Crippen LogP contribution is 1.92. The predicted octanol–water partition coefficient (Wildman–Crippen LogP) is -0.0961. The Bertz CT molecular complexity index is 157. The highest BCUT2D eigenvalue weighted by molar-refractivity contribution is 5.78. The fourth-order valence-electron chi connectivity index (χ4n) is 0.434. The number of amides is 1. The normalized spacial score (nSPS) is 11.5. The van der Waals surface area contributed by atoms with Gasteiger partial charge >= 0.3 is 12.1 Å². The maximum absolute atomic E-state index is 10.6. The SMILES string of the molecule is CNC(=O)OC(C)C(=O)OC. The third-order valence-electron chi connectivity index (χ3n) is 1.02. The summed E-state index contributed by atoms with van der Waals surface area (Å²) in [6.45, 7) is 1.43. The summed E-state index contributed by atoms with van der Waals surface area (Å²) < 4.78 is 8.84. The van der Waals surface area contributed by atoms with Crippen LogP contribution in [0.5, 0.6) is 0 Å². The van der Waals surface area contributed by atoms with Crippen LogP contribution < -0.4 is 5.32 Å². The molecule has 0 aromatic carbocycles. The van der Waals surface area contributed by atoms with Crippen molar-refractivity contribution >= 4 is 12.1 Å². The number of nitrogens with one attached hydrogen (secondary N) is 1. The Balaban J connectivity index is 3.77. The molecule has 0 heterocycles. The fraction of sp³-hybridized carbons (Fsp3) is 0.667. The highest BCUT2D eigenvalue weighted by atomic mass is 16.6. The zero-order valence-electron chi connectivity index (χ0n) is 6.71. The molecule has 5 nitrogen and oxygen atoms in total. The molecule has 1 N–H and O–H groups in total. The first-order chi connectivity index (χ1) is 5.11. The van der Waals surface area contributed by atoms with E-state index in [-0.39, 0.29) is 0 Å². The van der Waals surface area contributed by atoms with E-state index in [2.05, 4.69) is 14.8 Å². The number of methoxy groups -OCH3 is 1. The molecule has 0 aliphatic carbocycles. The van der Waals surface area contributed by atoms with Gasteiger partial charge in [-0.3, -0.25) is 0 Å². The third kappa shape index (κ3) is 3.44. The Kier molecular flexibility index (Phi) is 4.02. The Morgan fingerprint density at radius 2 is 2.00 bits per heavy atom. The van der Waals surface area contributed by atoms with Crippen molar-refractivity contribution in [3.05, 3.63) is 0 Å². The molecule has 0 saturated carbocycles. The topological polar surface area (TPSA) is 64.6 Å². The Morgan fingerprint density at radius 3 is 2.36 bits per heavy atom. The van der Waals surface area contributed by atoms with Gasteiger partial charge in [0.25, 0.3) is 0 Å². The van der Waals surface area contributed by atoms with E-state index in [0.29, 0.717) is 0 Å². The largest absolute Gasteiger partial charge is 0.466 e. The lowest BCUT2D eigenvalue weighted by molar-refractivity contribution is -0.149. The smallest absolute Gasteiger partial charge is 0.407 e. The Labute approximate surface area is 64.7 Å². The molecule has 0 fully saturated rings. The van der Waals surface area contributed by atoms with E-state index in [9.17, 15) is 9.59 Å². The van der Waals surface area contributed by atoms with E-state index in [1.165, 1.54) is 21.1 Å². The first-order valence-electron chi connectivity index (χ1n) is 3.08. The molecule has 1 atom stereocenters. The highest BCUT2D eigenvalue weighted by Gasteiger charge is 2.16. The summed E-state index contributed by atoms with van der Waals surface area (Å²) in [5.41, 5.74) is 0. The van der Waals surface area contributed by atoms with Crippen LogP contribution in [0.3, 0.4) is 0 Å². The number of alkyl carbamates (subject to hydrolysis) is 1. The van der Waals surface area contributed by atoms with E-state index in [1.54, 1.807) is 0 Å². The fourth-order valence-corrected chi connectivity index (χ4v) is 0.434. The van der Waals surface area contributed by atoms with Gasteiger partial charge < -0.3 is 14.8 Å². The van der Waals surface area contributed by atoms with Gasteiger partial charge in [0.2, 0.25) is 0 Å². The van der Waals surface area contributed by atoms with E-state index < -0.39 is 18.2 Å². The summed E-state index contributed by atoms with van der Waals surface area (Å²) >= 11 is 0. The molecule has 0 saturated heterocycles. The molecule has 0 aliphatic heterocycles. The van der Waals surface area contributed by atoms with Gasteiger partial charge in [-0.05, 0) is 6.92 Å². The van der Waals surface area contributed by atoms with Crippen LogP contribution in [0.4, 0.5) is 4.79 Å². The Hall–Kier alpha value is -1.26. The summed E-state index contributed by atoms with van der Waals surface area (Å²) in [6.07, 6.45) is -1.51. The monoisotopic (exact) mass is 161 g/mol. The molecule has 0 aromatic heterocycles. The molecular formula is C6H11NO4. The lowest BCUT2D eigenvalue weighted by atomic mass is 10.4. The summed E-state index contributed by atoms with van der Waals surface area (Å²) in [5.74, 6) is -0.575. The number of carbonyl (C=O) groups excluding carboxylic acids is 2. The maximum Gasteiger partial charge on any atom is 0.407 e. The summed E-state index contributed by atoms with van der Waals surface area (Å²) in [4.78, 5) is 21.1. The Morgan fingerprint density at radius 1 is 1.45 bits per heavy atom. The number of rotatable bonds is 2. The molecule has 1 amide bonds. The molecule has 0 aliphatic rings. The number of esters is 1. The van der Waals surface area contributed by atoms with Gasteiger partial charge in [0, 0.05) is 7.05 Å². The average Bonchev–Trinajstić information content (AvgIpc) is 2.02. The summed E-state index contributed by atoms with van der Waals surface area (Å²) in [5, 5.41) is 2.21. The van der Waals surface area contributed by atoms with Crippen LogP contribution in [0.25, 0.3) is 0 Å². The molecule has 0 spiro atoms. The van der Waals surface area contributed by atoms with E-state index in [0.717, 1.165) is 0 Å². The minimum absolute atomic E-state index is 0.575. The molecule has 11 heavy (non-hydrogen) atoms. The van der Waals surface area contributed by atoms with Gasteiger partial charge in [0.15, 0.2) is 6.10 Å². The van der Waals surface area contributed by atoms with Crippen molar-refractivity contribution in [3.63, 3.8) is 0 Å². The quantitative estimate of drug-likeness (QED) is 0.574. The van der Waals surface area contributed by atoms with Crippen molar-refractivity contribution in [1.29, 1.82) is 0 Å². The second kappa shape index (κ2) is 4.54. The van der Waals surface area contributed by atoms with Crippen LogP contribution in [-0.2, 0) is 14.3 Å². The molecular weight excluding hydrogens is 150 g/mol. The van der Waals surface area contributed by atoms with Crippen molar-refractivity contribution in [2.24, 2.45) is 0 Å².